The summed E-state index contributed by atoms with van der Waals surface area (Å²) in [6.45, 7) is 0. The van der Waals surface area contributed by atoms with Crippen LogP contribution in [0, 0.1) is 0 Å². The number of nitrogen functional groups attached to an aromatic ring is 1. The number of nitrogens with two attached hydrogens (primary N) is 1. The van der Waals surface area contributed by atoms with Crippen molar-refractivity contribution in [3.63, 3.8) is 0 Å². The van der Waals surface area contributed by atoms with Crippen LogP contribution in [0.15, 0.2) is 40.9 Å². The van der Waals surface area contributed by atoms with E-state index in [2.05, 4.69) is 25.9 Å². The molecule has 2 N–H and O–H groups in total. The van der Waals surface area contributed by atoms with E-state index in [9.17, 15) is 0 Å². The van der Waals surface area contributed by atoms with Gasteiger partial charge in [-0.15, -0.1) is 0 Å². The average molecular weight is 360 g/mol. The van der Waals surface area contributed by atoms with Gasteiger partial charge in [-0.05, 0) is 18.2 Å². The Labute approximate surface area is 136 Å². The van der Waals surface area contributed by atoms with Crippen molar-refractivity contribution in [1.29, 1.82) is 0 Å². The van der Waals surface area contributed by atoms with Gasteiger partial charge >= 0.3 is 0 Å². The number of rotatable bonds is 3. The van der Waals surface area contributed by atoms with Crippen molar-refractivity contribution < 1.29 is 9.47 Å². The van der Waals surface area contributed by atoms with E-state index in [1.54, 1.807) is 20.3 Å². The van der Waals surface area contributed by atoms with Crippen LogP contribution >= 0.6 is 15.9 Å². The largest absolute Gasteiger partial charge is 0.493 e. The molecule has 0 aliphatic heterocycles. The number of methoxy groups -OCH3 is 2. The lowest BCUT2D eigenvalue weighted by molar-refractivity contribution is 0.356. The first-order valence-electron chi connectivity index (χ1n) is 6.57. The number of aromatic nitrogens is 2. The minimum Gasteiger partial charge on any atom is -0.493 e. The molecule has 0 aliphatic carbocycles. The summed E-state index contributed by atoms with van der Waals surface area (Å²) in [5.74, 6) is 1.45. The van der Waals surface area contributed by atoms with Gasteiger partial charge in [0.2, 0.25) is 5.95 Å². The number of nitrogens with zero attached hydrogens (tertiary/aromatic N) is 2. The first-order valence-corrected chi connectivity index (χ1v) is 7.37. The molecule has 0 fully saturated rings. The summed E-state index contributed by atoms with van der Waals surface area (Å²) in [7, 11) is 3.18. The zero-order valence-corrected chi connectivity index (χ0v) is 13.7. The molecule has 0 unspecified atom stereocenters. The van der Waals surface area contributed by atoms with Crippen molar-refractivity contribution in [2.45, 2.75) is 0 Å². The van der Waals surface area contributed by atoms with Gasteiger partial charge in [0.1, 0.15) is 0 Å². The number of hydrogen-bond donors (Lipinski definition) is 1. The quantitative estimate of drug-likeness (QED) is 0.772. The molecule has 0 saturated carbocycles. The van der Waals surface area contributed by atoms with E-state index in [4.69, 9.17) is 15.2 Å². The van der Waals surface area contributed by atoms with Crippen molar-refractivity contribution in [2.75, 3.05) is 20.0 Å². The molecule has 3 aromatic rings. The van der Waals surface area contributed by atoms with Gasteiger partial charge in [0.05, 0.1) is 25.4 Å². The summed E-state index contributed by atoms with van der Waals surface area (Å²) in [6, 6.07) is 11.5. The van der Waals surface area contributed by atoms with E-state index in [-0.39, 0.29) is 5.95 Å². The predicted octanol–water partition coefficient (Wildman–Crippen LogP) is 3.66. The summed E-state index contributed by atoms with van der Waals surface area (Å²) in [5.41, 5.74) is 8.26. The Hall–Kier alpha value is -2.34. The summed E-state index contributed by atoms with van der Waals surface area (Å²) < 4.78 is 11.7. The van der Waals surface area contributed by atoms with Crippen LogP contribution in [0.4, 0.5) is 5.95 Å². The lowest BCUT2D eigenvalue weighted by Gasteiger charge is -2.12. The van der Waals surface area contributed by atoms with Gasteiger partial charge < -0.3 is 15.2 Å². The fourth-order valence-electron chi connectivity index (χ4n) is 2.33. The van der Waals surface area contributed by atoms with Crippen LogP contribution in [-0.2, 0) is 0 Å². The van der Waals surface area contributed by atoms with Crippen LogP contribution in [0.25, 0.3) is 22.2 Å². The topological polar surface area (TPSA) is 70.3 Å². The molecule has 22 heavy (non-hydrogen) atoms. The monoisotopic (exact) mass is 359 g/mol. The van der Waals surface area contributed by atoms with Crippen molar-refractivity contribution in [1.82, 2.24) is 9.97 Å². The van der Waals surface area contributed by atoms with E-state index < -0.39 is 0 Å². The highest BCUT2D eigenvalue weighted by Crippen LogP contribution is 2.36. The van der Waals surface area contributed by atoms with Crippen molar-refractivity contribution in [2.24, 2.45) is 0 Å². The summed E-state index contributed by atoms with van der Waals surface area (Å²) >= 11 is 3.47. The molecule has 0 bridgehead atoms. The fraction of sp³-hybridized carbons (Fsp3) is 0.125. The molecule has 0 saturated heterocycles. The molecule has 1 heterocycles. The SMILES string of the molecule is COc1cc2nc(N)nc(-c3cccc(Br)c3)c2cc1OC. The maximum absolute atomic E-state index is 5.86. The Kier molecular flexibility index (Phi) is 3.85. The molecular weight excluding hydrogens is 346 g/mol. The Bertz CT molecular complexity index is 852. The molecule has 6 heteroatoms. The highest BCUT2D eigenvalue weighted by molar-refractivity contribution is 9.10. The molecule has 2 aromatic carbocycles. The van der Waals surface area contributed by atoms with Crippen LogP contribution in [-0.4, -0.2) is 24.2 Å². The molecule has 1 aromatic heterocycles. The van der Waals surface area contributed by atoms with Crippen LogP contribution in [0.5, 0.6) is 11.5 Å². The number of fused-ring (bicyclic) bond motifs is 1. The maximum Gasteiger partial charge on any atom is 0.221 e. The van der Waals surface area contributed by atoms with E-state index >= 15 is 0 Å². The third kappa shape index (κ3) is 2.57. The average Bonchev–Trinajstić information content (AvgIpc) is 2.52. The Morgan fingerprint density at radius 2 is 1.73 bits per heavy atom. The van der Waals surface area contributed by atoms with Crippen LogP contribution in [0.3, 0.4) is 0 Å². The zero-order valence-electron chi connectivity index (χ0n) is 12.1. The number of ether oxygens (including phenoxy) is 2. The van der Waals surface area contributed by atoms with Crippen molar-refractivity contribution >= 4 is 32.8 Å². The number of hydrogen-bond acceptors (Lipinski definition) is 5. The molecule has 5 nitrogen and oxygen atoms in total. The van der Waals surface area contributed by atoms with Crippen LogP contribution < -0.4 is 15.2 Å². The summed E-state index contributed by atoms with van der Waals surface area (Å²) in [5, 5.41) is 0.852. The van der Waals surface area contributed by atoms with Gasteiger partial charge in [-0.25, -0.2) is 9.97 Å². The molecule has 0 aliphatic rings. The number of benzene rings is 2. The van der Waals surface area contributed by atoms with E-state index in [0.29, 0.717) is 17.0 Å². The fourth-order valence-corrected chi connectivity index (χ4v) is 2.73. The molecule has 0 spiro atoms. The molecule has 3 rings (SSSR count). The number of halogens is 1. The lowest BCUT2D eigenvalue weighted by atomic mass is 10.1. The minimum atomic E-state index is 0.217. The van der Waals surface area contributed by atoms with Gasteiger partial charge in [0.15, 0.2) is 11.5 Å². The highest BCUT2D eigenvalue weighted by Gasteiger charge is 2.13. The van der Waals surface area contributed by atoms with E-state index in [1.807, 2.05) is 30.3 Å². The number of anilines is 1. The van der Waals surface area contributed by atoms with E-state index in [1.165, 1.54) is 0 Å². The molecular formula is C16H14BrN3O2. The normalized spacial score (nSPS) is 10.7. The molecule has 0 amide bonds. The summed E-state index contributed by atoms with van der Waals surface area (Å²) in [6.07, 6.45) is 0. The minimum absolute atomic E-state index is 0.217. The standard InChI is InChI=1S/C16H14BrN3O2/c1-21-13-7-11-12(8-14(13)22-2)19-16(18)20-15(11)9-4-3-5-10(17)6-9/h3-8H,1-2H3,(H2,18,19,20). The molecule has 0 radical (unpaired) electrons. The van der Waals surface area contributed by atoms with Gasteiger partial charge in [0, 0.05) is 21.5 Å². The van der Waals surface area contributed by atoms with E-state index in [0.717, 1.165) is 21.1 Å². The van der Waals surface area contributed by atoms with Crippen molar-refractivity contribution in [3.8, 4) is 22.8 Å². The molecule has 112 valence electrons. The Morgan fingerprint density at radius 3 is 2.41 bits per heavy atom. The predicted molar refractivity (Wildman–Crippen MR) is 90.2 cm³/mol. The third-order valence-electron chi connectivity index (χ3n) is 3.32. The van der Waals surface area contributed by atoms with Crippen molar-refractivity contribution in [3.05, 3.63) is 40.9 Å². The second-order valence-corrected chi connectivity index (χ2v) is 5.58. The van der Waals surface area contributed by atoms with Gasteiger partial charge in [-0.1, -0.05) is 28.1 Å². The molecule has 0 atom stereocenters. The zero-order chi connectivity index (χ0) is 15.7. The second kappa shape index (κ2) is 5.81. The summed E-state index contributed by atoms with van der Waals surface area (Å²) in [4.78, 5) is 8.68. The van der Waals surface area contributed by atoms with Gasteiger partial charge in [-0.2, -0.15) is 0 Å². The highest BCUT2D eigenvalue weighted by atomic mass is 79.9. The lowest BCUT2D eigenvalue weighted by Crippen LogP contribution is -1.99. The van der Waals surface area contributed by atoms with Crippen LogP contribution in [0.2, 0.25) is 0 Å². The van der Waals surface area contributed by atoms with Gasteiger partial charge in [-0.3, -0.25) is 0 Å². The first-order chi connectivity index (χ1) is 10.6. The van der Waals surface area contributed by atoms with Gasteiger partial charge in [0.25, 0.3) is 0 Å². The third-order valence-corrected chi connectivity index (χ3v) is 3.81. The first kappa shape index (κ1) is 14.6. The Morgan fingerprint density at radius 1 is 1.00 bits per heavy atom. The Balaban J connectivity index is 2.34. The van der Waals surface area contributed by atoms with Crippen LogP contribution in [0.1, 0.15) is 0 Å². The maximum atomic E-state index is 5.86. The smallest absolute Gasteiger partial charge is 0.221 e. The second-order valence-electron chi connectivity index (χ2n) is 4.67.